The van der Waals surface area contributed by atoms with Crippen LogP contribution >= 0.6 is 0 Å². The molecule has 0 fully saturated rings. The van der Waals surface area contributed by atoms with E-state index in [1.54, 1.807) is 13.0 Å². The van der Waals surface area contributed by atoms with Gasteiger partial charge in [0.1, 0.15) is 0 Å². The lowest BCUT2D eigenvalue weighted by Gasteiger charge is -2.24. The molecular weight excluding hydrogens is 196 g/mol. The molecule has 3 nitrogen and oxygen atoms in total. The number of rotatable bonds is 5. The van der Waals surface area contributed by atoms with Gasteiger partial charge in [0.25, 0.3) is 0 Å². The molecule has 82 valence electrons. The van der Waals surface area contributed by atoms with E-state index < -0.39 is 14.6 Å². The Balaban J connectivity index is 4.10. The minimum Gasteiger partial charge on any atom is -0.434 e. The highest BCUT2D eigenvalue weighted by Gasteiger charge is 2.21. The predicted molar refractivity (Wildman–Crippen MR) is 59.4 cm³/mol. The first kappa shape index (κ1) is 13.4. The van der Waals surface area contributed by atoms with Crippen molar-refractivity contribution >= 4 is 14.3 Å². The molecule has 0 aliphatic heterocycles. The van der Waals surface area contributed by atoms with Gasteiger partial charge in [0, 0.05) is 12.5 Å². The van der Waals surface area contributed by atoms with Crippen LogP contribution in [-0.4, -0.2) is 20.6 Å². The van der Waals surface area contributed by atoms with Crippen LogP contribution in [0.25, 0.3) is 0 Å². The van der Waals surface area contributed by atoms with Crippen molar-refractivity contribution in [3.8, 4) is 0 Å². The van der Waals surface area contributed by atoms with Crippen molar-refractivity contribution in [3.05, 3.63) is 12.2 Å². The first-order chi connectivity index (χ1) is 6.39. The van der Waals surface area contributed by atoms with Crippen LogP contribution < -0.4 is 0 Å². The van der Waals surface area contributed by atoms with Crippen LogP contribution in [0.2, 0.25) is 19.6 Å². The molecule has 1 unspecified atom stereocenters. The monoisotopic (exact) mass is 216 g/mol. The average molecular weight is 216 g/mol. The Labute approximate surface area is 87.2 Å². The number of ether oxygens (including phenoxy) is 1. The minimum absolute atomic E-state index is 0.336. The van der Waals surface area contributed by atoms with E-state index in [-0.39, 0.29) is 5.97 Å². The van der Waals surface area contributed by atoms with Crippen molar-refractivity contribution in [1.82, 2.24) is 0 Å². The van der Waals surface area contributed by atoms with Gasteiger partial charge in [0.05, 0.1) is 0 Å². The van der Waals surface area contributed by atoms with Gasteiger partial charge in [-0.3, -0.25) is 0 Å². The molecule has 0 aliphatic carbocycles. The van der Waals surface area contributed by atoms with E-state index >= 15 is 0 Å². The zero-order valence-electron chi connectivity index (χ0n) is 9.66. The second kappa shape index (κ2) is 5.98. The molecule has 0 aromatic rings. The Morgan fingerprint density at radius 1 is 1.43 bits per heavy atom. The van der Waals surface area contributed by atoms with Crippen molar-refractivity contribution in [2.45, 2.75) is 46.2 Å². The normalized spacial score (nSPS) is 14.4. The van der Waals surface area contributed by atoms with Gasteiger partial charge in [0.2, 0.25) is 0 Å². The van der Waals surface area contributed by atoms with Gasteiger partial charge in [0.15, 0.2) is 14.6 Å². The first-order valence-electron chi connectivity index (χ1n) is 4.90. The molecule has 0 aromatic heterocycles. The summed E-state index contributed by atoms with van der Waals surface area (Å²) in [4.78, 5) is 11.1. The number of carbonyl (C=O) groups excluding carboxylic acids is 1. The summed E-state index contributed by atoms with van der Waals surface area (Å²) in [6, 6.07) is 0. The standard InChI is InChI=1S/C10H20O3Si/c1-6-8-9(11)12-10(7-2)13-14(3,4)5/h6,8,10H,7H2,1-5H3/b8-6+. The lowest BCUT2D eigenvalue weighted by Crippen LogP contribution is -2.34. The Morgan fingerprint density at radius 3 is 2.36 bits per heavy atom. The largest absolute Gasteiger partial charge is 0.434 e. The van der Waals surface area contributed by atoms with Crippen LogP contribution in [0.5, 0.6) is 0 Å². The van der Waals surface area contributed by atoms with Crippen LogP contribution in [0.1, 0.15) is 20.3 Å². The van der Waals surface area contributed by atoms with Crippen LogP contribution in [0, 0.1) is 0 Å². The highest BCUT2D eigenvalue weighted by atomic mass is 28.4. The van der Waals surface area contributed by atoms with Crippen LogP contribution in [-0.2, 0) is 14.0 Å². The highest BCUT2D eigenvalue weighted by molar-refractivity contribution is 6.69. The molecule has 0 rings (SSSR count). The Morgan fingerprint density at radius 2 is 2.00 bits per heavy atom. The summed E-state index contributed by atoms with van der Waals surface area (Å²) in [5.74, 6) is -0.336. The smallest absolute Gasteiger partial charge is 0.332 e. The maximum atomic E-state index is 11.1. The molecule has 1 atom stereocenters. The van der Waals surface area contributed by atoms with Gasteiger partial charge < -0.3 is 9.16 Å². The van der Waals surface area contributed by atoms with Gasteiger partial charge in [-0.1, -0.05) is 13.0 Å². The topological polar surface area (TPSA) is 35.5 Å². The fourth-order valence-corrected chi connectivity index (χ4v) is 1.89. The third kappa shape index (κ3) is 6.86. The highest BCUT2D eigenvalue weighted by Crippen LogP contribution is 2.11. The van der Waals surface area contributed by atoms with Gasteiger partial charge in [-0.05, 0) is 26.6 Å². The fourth-order valence-electron chi connectivity index (χ4n) is 0.890. The van der Waals surface area contributed by atoms with E-state index in [0.29, 0.717) is 6.42 Å². The van der Waals surface area contributed by atoms with Crippen molar-refractivity contribution in [2.24, 2.45) is 0 Å². The molecule has 0 spiro atoms. The third-order valence-electron chi connectivity index (χ3n) is 1.37. The van der Waals surface area contributed by atoms with E-state index in [2.05, 4.69) is 19.6 Å². The predicted octanol–water partition coefficient (Wildman–Crippen LogP) is 2.69. The SMILES string of the molecule is C/C=C/C(=O)OC(CC)O[Si](C)(C)C. The molecule has 0 heterocycles. The fraction of sp³-hybridized carbons (Fsp3) is 0.700. The van der Waals surface area contributed by atoms with Crippen LogP contribution in [0.3, 0.4) is 0 Å². The molecule has 0 bridgehead atoms. The quantitative estimate of drug-likeness (QED) is 0.307. The van der Waals surface area contributed by atoms with Crippen molar-refractivity contribution < 1.29 is 14.0 Å². The molecule has 0 aliphatic rings. The molecule has 0 amide bonds. The minimum atomic E-state index is -1.63. The second-order valence-corrected chi connectivity index (χ2v) is 8.47. The molecule has 0 radical (unpaired) electrons. The summed E-state index contributed by atoms with van der Waals surface area (Å²) in [7, 11) is -1.63. The lowest BCUT2D eigenvalue weighted by atomic mass is 10.5. The molecule has 14 heavy (non-hydrogen) atoms. The van der Waals surface area contributed by atoms with Crippen LogP contribution in [0.15, 0.2) is 12.2 Å². The Kier molecular flexibility index (Phi) is 5.72. The number of carbonyl (C=O) groups is 1. The summed E-state index contributed by atoms with van der Waals surface area (Å²) in [5.41, 5.74) is 0. The lowest BCUT2D eigenvalue weighted by molar-refractivity contribution is -0.158. The molecular formula is C10H20O3Si. The molecule has 0 N–H and O–H groups in total. The van der Waals surface area contributed by atoms with Crippen LogP contribution in [0.4, 0.5) is 0 Å². The van der Waals surface area contributed by atoms with E-state index in [4.69, 9.17) is 9.16 Å². The first-order valence-corrected chi connectivity index (χ1v) is 8.31. The number of allylic oxidation sites excluding steroid dienone is 1. The van der Waals surface area contributed by atoms with Crippen molar-refractivity contribution in [3.63, 3.8) is 0 Å². The van der Waals surface area contributed by atoms with E-state index in [1.807, 2.05) is 6.92 Å². The van der Waals surface area contributed by atoms with E-state index in [1.165, 1.54) is 6.08 Å². The summed E-state index contributed by atoms with van der Waals surface area (Å²) < 4.78 is 10.8. The maximum Gasteiger partial charge on any atom is 0.332 e. The summed E-state index contributed by atoms with van der Waals surface area (Å²) in [5, 5.41) is 0. The summed E-state index contributed by atoms with van der Waals surface area (Å²) in [6.07, 6.45) is 3.35. The Bertz CT molecular complexity index is 206. The molecule has 0 aromatic carbocycles. The molecule has 0 saturated heterocycles. The van der Waals surface area contributed by atoms with E-state index in [9.17, 15) is 4.79 Å². The maximum absolute atomic E-state index is 11.1. The zero-order chi connectivity index (χ0) is 11.2. The number of hydrogen-bond donors (Lipinski definition) is 0. The second-order valence-electron chi connectivity index (χ2n) is 4.00. The number of hydrogen-bond acceptors (Lipinski definition) is 3. The average Bonchev–Trinajstić information content (AvgIpc) is 2.01. The van der Waals surface area contributed by atoms with Crippen molar-refractivity contribution in [1.29, 1.82) is 0 Å². The number of esters is 1. The summed E-state index contributed by atoms with van der Waals surface area (Å²) >= 11 is 0. The molecule has 0 saturated carbocycles. The summed E-state index contributed by atoms with van der Waals surface area (Å²) in [6.45, 7) is 9.92. The van der Waals surface area contributed by atoms with Gasteiger partial charge in [-0.25, -0.2) is 4.79 Å². The third-order valence-corrected chi connectivity index (χ3v) is 2.34. The van der Waals surface area contributed by atoms with Gasteiger partial charge in [-0.2, -0.15) is 0 Å². The Hall–Kier alpha value is -0.613. The van der Waals surface area contributed by atoms with E-state index in [0.717, 1.165) is 0 Å². The van der Waals surface area contributed by atoms with Crippen molar-refractivity contribution in [2.75, 3.05) is 0 Å². The zero-order valence-corrected chi connectivity index (χ0v) is 10.7. The van der Waals surface area contributed by atoms with Gasteiger partial charge in [-0.15, -0.1) is 0 Å². The molecule has 4 heteroatoms. The van der Waals surface area contributed by atoms with Gasteiger partial charge >= 0.3 is 5.97 Å².